The minimum atomic E-state index is -0.124. The third-order valence-electron chi connectivity index (χ3n) is 3.48. The van der Waals surface area contributed by atoms with Crippen LogP contribution in [0.3, 0.4) is 0 Å². The summed E-state index contributed by atoms with van der Waals surface area (Å²) >= 11 is 0. The largest absolute Gasteiger partial charge is 0.464 e. The maximum atomic E-state index is 12.1. The smallest absolute Gasteiger partial charge is 0.255 e. The number of fused-ring (bicyclic) bond motifs is 1. The first kappa shape index (κ1) is 12.5. The normalized spacial score (nSPS) is 10.9. The van der Waals surface area contributed by atoms with E-state index in [0.717, 1.165) is 22.2 Å². The van der Waals surface area contributed by atoms with Crippen LogP contribution in [0.2, 0.25) is 0 Å². The van der Waals surface area contributed by atoms with E-state index in [1.54, 1.807) is 17.1 Å². The molecule has 1 N–H and O–H groups in total. The van der Waals surface area contributed by atoms with Gasteiger partial charge in [0.2, 0.25) is 0 Å². The summed E-state index contributed by atoms with van der Waals surface area (Å²) in [5.74, 6) is -0.124. The molecule has 0 aliphatic rings. The van der Waals surface area contributed by atoms with Gasteiger partial charge in [-0.25, -0.2) is 0 Å². The number of aryl methyl sites for hydroxylation is 1. The average molecular weight is 269 g/mol. The molecule has 0 saturated carbocycles. The quantitative estimate of drug-likeness (QED) is 0.794. The van der Waals surface area contributed by atoms with Gasteiger partial charge in [0.25, 0.3) is 5.91 Å². The number of carbonyl (C=O) groups is 1. The Labute approximate surface area is 116 Å². The lowest BCUT2D eigenvalue weighted by Crippen LogP contribution is -2.23. The number of hydrogen-bond donors (Lipinski definition) is 1. The van der Waals surface area contributed by atoms with E-state index in [2.05, 4.69) is 10.4 Å². The summed E-state index contributed by atoms with van der Waals surface area (Å²) in [6, 6.07) is 7.77. The fourth-order valence-corrected chi connectivity index (χ4v) is 2.16. The van der Waals surface area contributed by atoms with Gasteiger partial charge < -0.3 is 9.73 Å². The predicted molar refractivity (Wildman–Crippen MR) is 75.3 cm³/mol. The number of amides is 1. The van der Waals surface area contributed by atoms with E-state index in [1.165, 1.54) is 0 Å². The van der Waals surface area contributed by atoms with Crippen molar-refractivity contribution in [2.45, 2.75) is 13.5 Å². The first-order valence-electron chi connectivity index (χ1n) is 6.38. The molecule has 3 rings (SSSR count). The van der Waals surface area contributed by atoms with Gasteiger partial charge in [-0.05, 0) is 13.0 Å². The van der Waals surface area contributed by atoms with Crippen molar-refractivity contribution in [3.63, 3.8) is 0 Å². The minimum absolute atomic E-state index is 0.124. The van der Waals surface area contributed by atoms with Crippen molar-refractivity contribution in [2.24, 2.45) is 7.05 Å². The summed E-state index contributed by atoms with van der Waals surface area (Å²) in [4.78, 5) is 12.1. The lowest BCUT2D eigenvalue weighted by atomic mass is 10.1. The first-order chi connectivity index (χ1) is 9.66. The molecular formula is C15H15N3O2. The van der Waals surface area contributed by atoms with Gasteiger partial charge in [0.05, 0.1) is 18.0 Å². The predicted octanol–water partition coefficient (Wildman–Crippen LogP) is 2.40. The number of furan rings is 1. The van der Waals surface area contributed by atoms with Crippen molar-refractivity contribution >= 4 is 16.9 Å². The van der Waals surface area contributed by atoms with Crippen LogP contribution in [-0.4, -0.2) is 15.7 Å². The van der Waals surface area contributed by atoms with Crippen LogP contribution < -0.4 is 5.32 Å². The fourth-order valence-electron chi connectivity index (χ4n) is 2.16. The average Bonchev–Trinajstić information content (AvgIpc) is 3.01. The summed E-state index contributed by atoms with van der Waals surface area (Å²) in [5, 5.41) is 7.99. The van der Waals surface area contributed by atoms with Crippen molar-refractivity contribution < 1.29 is 9.21 Å². The Morgan fingerprint density at radius 1 is 1.40 bits per heavy atom. The molecule has 0 spiro atoms. The topological polar surface area (TPSA) is 60.1 Å². The molecule has 1 aromatic carbocycles. The highest BCUT2D eigenvalue weighted by Crippen LogP contribution is 2.20. The summed E-state index contributed by atoms with van der Waals surface area (Å²) in [7, 11) is 1.82. The van der Waals surface area contributed by atoms with Gasteiger partial charge in [-0.15, -0.1) is 0 Å². The number of benzene rings is 1. The number of nitrogens with zero attached hydrogens (tertiary/aromatic N) is 2. The third kappa shape index (κ3) is 2.07. The molecule has 5 heteroatoms. The Bertz CT molecular complexity index is 770. The highest BCUT2D eigenvalue weighted by atomic mass is 16.3. The fraction of sp³-hybridized carbons (Fsp3) is 0.200. The molecule has 102 valence electrons. The van der Waals surface area contributed by atoms with Crippen LogP contribution >= 0.6 is 0 Å². The molecule has 0 aliphatic carbocycles. The van der Waals surface area contributed by atoms with E-state index < -0.39 is 0 Å². The zero-order chi connectivity index (χ0) is 14.1. The monoisotopic (exact) mass is 269 g/mol. The third-order valence-corrected chi connectivity index (χ3v) is 3.48. The SMILES string of the molecule is Cc1c(C(=O)NCc2coc3ccccc23)cnn1C. The van der Waals surface area contributed by atoms with Crippen molar-refractivity contribution in [3.05, 3.63) is 53.5 Å². The lowest BCUT2D eigenvalue weighted by molar-refractivity contribution is 0.0950. The Hall–Kier alpha value is -2.56. The van der Waals surface area contributed by atoms with Gasteiger partial charge in [-0.3, -0.25) is 9.48 Å². The number of carbonyl (C=O) groups excluding carboxylic acids is 1. The zero-order valence-corrected chi connectivity index (χ0v) is 11.4. The van der Waals surface area contributed by atoms with E-state index in [-0.39, 0.29) is 5.91 Å². The molecule has 0 bridgehead atoms. The van der Waals surface area contributed by atoms with Crippen molar-refractivity contribution in [3.8, 4) is 0 Å². The molecule has 0 atom stereocenters. The number of para-hydroxylation sites is 1. The molecular weight excluding hydrogens is 254 g/mol. The van der Waals surface area contributed by atoms with E-state index in [0.29, 0.717) is 12.1 Å². The maximum absolute atomic E-state index is 12.1. The Kier molecular flexibility index (Phi) is 3.02. The molecule has 0 saturated heterocycles. The summed E-state index contributed by atoms with van der Waals surface area (Å²) in [5.41, 5.74) is 3.24. The van der Waals surface area contributed by atoms with E-state index in [1.807, 2.05) is 38.2 Å². The summed E-state index contributed by atoms with van der Waals surface area (Å²) in [6.07, 6.45) is 3.26. The molecule has 0 unspecified atom stereocenters. The highest BCUT2D eigenvalue weighted by molar-refractivity contribution is 5.95. The number of nitrogens with one attached hydrogen (secondary N) is 1. The standard InChI is InChI=1S/C15H15N3O2/c1-10-13(8-17-18(10)2)15(19)16-7-11-9-20-14-6-4-3-5-12(11)14/h3-6,8-9H,7H2,1-2H3,(H,16,19). The van der Waals surface area contributed by atoms with Crippen LogP contribution in [0.25, 0.3) is 11.0 Å². The van der Waals surface area contributed by atoms with E-state index in [4.69, 9.17) is 4.42 Å². The van der Waals surface area contributed by atoms with Gasteiger partial charge in [0.1, 0.15) is 5.58 Å². The van der Waals surface area contributed by atoms with Crippen molar-refractivity contribution in [2.75, 3.05) is 0 Å². The van der Waals surface area contributed by atoms with Crippen molar-refractivity contribution in [1.82, 2.24) is 15.1 Å². The van der Waals surface area contributed by atoms with Crippen LogP contribution in [0.1, 0.15) is 21.6 Å². The van der Waals surface area contributed by atoms with Crippen LogP contribution in [-0.2, 0) is 13.6 Å². The second-order valence-corrected chi connectivity index (χ2v) is 4.71. The van der Waals surface area contributed by atoms with Gasteiger partial charge in [-0.2, -0.15) is 5.10 Å². The number of rotatable bonds is 3. The van der Waals surface area contributed by atoms with Gasteiger partial charge >= 0.3 is 0 Å². The van der Waals surface area contributed by atoms with E-state index >= 15 is 0 Å². The maximum Gasteiger partial charge on any atom is 0.255 e. The Morgan fingerprint density at radius 3 is 2.95 bits per heavy atom. The molecule has 2 heterocycles. The van der Waals surface area contributed by atoms with Crippen LogP contribution in [0.4, 0.5) is 0 Å². The molecule has 0 fully saturated rings. The molecule has 3 aromatic rings. The van der Waals surface area contributed by atoms with Crippen molar-refractivity contribution in [1.29, 1.82) is 0 Å². The molecule has 0 radical (unpaired) electrons. The van der Waals surface area contributed by atoms with E-state index in [9.17, 15) is 4.79 Å². The van der Waals surface area contributed by atoms with Gasteiger partial charge in [-0.1, -0.05) is 18.2 Å². The van der Waals surface area contributed by atoms with Crippen LogP contribution in [0, 0.1) is 6.92 Å². The molecule has 2 aromatic heterocycles. The summed E-state index contributed by atoms with van der Waals surface area (Å²) < 4.78 is 7.13. The number of aromatic nitrogens is 2. The second-order valence-electron chi connectivity index (χ2n) is 4.71. The molecule has 1 amide bonds. The second kappa shape index (κ2) is 4.85. The minimum Gasteiger partial charge on any atom is -0.464 e. The first-order valence-corrected chi connectivity index (χ1v) is 6.38. The highest BCUT2D eigenvalue weighted by Gasteiger charge is 2.13. The Morgan fingerprint density at radius 2 is 2.20 bits per heavy atom. The van der Waals surface area contributed by atoms with Crippen LogP contribution in [0.5, 0.6) is 0 Å². The number of hydrogen-bond acceptors (Lipinski definition) is 3. The Balaban J connectivity index is 1.76. The zero-order valence-electron chi connectivity index (χ0n) is 11.4. The summed E-state index contributed by atoms with van der Waals surface area (Å²) in [6.45, 7) is 2.30. The molecule has 5 nitrogen and oxygen atoms in total. The van der Waals surface area contributed by atoms with Gasteiger partial charge in [0.15, 0.2) is 0 Å². The van der Waals surface area contributed by atoms with Crippen LogP contribution in [0.15, 0.2) is 41.1 Å². The lowest BCUT2D eigenvalue weighted by Gasteiger charge is -2.03. The van der Waals surface area contributed by atoms with Gasteiger partial charge in [0, 0.05) is 30.2 Å². The molecule has 0 aliphatic heterocycles. The molecule has 20 heavy (non-hydrogen) atoms.